The highest BCUT2D eigenvalue weighted by atomic mass is 79.9. The normalized spacial score (nSPS) is 11.9. The van der Waals surface area contributed by atoms with Crippen LogP contribution in [0.2, 0.25) is 5.02 Å². The van der Waals surface area contributed by atoms with Gasteiger partial charge in [-0.25, -0.2) is 0 Å². The maximum absolute atomic E-state index is 12.1. The molecule has 0 saturated carbocycles. The van der Waals surface area contributed by atoms with Gasteiger partial charge in [-0.3, -0.25) is 14.9 Å². The fraction of sp³-hybridized carbons (Fsp3) is 0.462. The fourth-order valence-corrected chi connectivity index (χ4v) is 2.61. The summed E-state index contributed by atoms with van der Waals surface area (Å²) >= 11 is 9.16. The summed E-state index contributed by atoms with van der Waals surface area (Å²) in [4.78, 5) is 22.4. The van der Waals surface area contributed by atoms with E-state index < -0.39 is 10.8 Å². The lowest BCUT2D eigenvalue weighted by Crippen LogP contribution is -2.29. The Kier molecular flexibility index (Phi) is 6.95. The van der Waals surface area contributed by atoms with Gasteiger partial charge >= 0.3 is 0 Å². The Labute approximate surface area is 131 Å². The summed E-state index contributed by atoms with van der Waals surface area (Å²) in [5.41, 5.74) is -0.239. The zero-order chi connectivity index (χ0) is 15.1. The van der Waals surface area contributed by atoms with Crippen molar-refractivity contribution in [2.45, 2.75) is 19.8 Å². The summed E-state index contributed by atoms with van der Waals surface area (Å²) in [6.45, 7) is 2.53. The minimum atomic E-state index is -0.582. The molecular formula is C13H16BrClN2O3. The molecule has 0 fully saturated rings. The number of benzene rings is 1. The number of rotatable bonds is 7. The molecule has 1 aromatic rings. The molecule has 0 spiro atoms. The van der Waals surface area contributed by atoms with Gasteiger partial charge < -0.3 is 5.32 Å². The first-order chi connectivity index (χ1) is 9.49. The highest BCUT2D eigenvalue weighted by molar-refractivity contribution is 9.09. The number of hydrogen-bond donors (Lipinski definition) is 1. The van der Waals surface area contributed by atoms with Gasteiger partial charge in [0.1, 0.15) is 5.56 Å². The van der Waals surface area contributed by atoms with Crippen molar-refractivity contribution in [2.75, 3.05) is 11.9 Å². The van der Waals surface area contributed by atoms with Crippen molar-refractivity contribution < 1.29 is 9.72 Å². The van der Waals surface area contributed by atoms with Gasteiger partial charge in [0.15, 0.2) is 0 Å². The van der Waals surface area contributed by atoms with E-state index in [1.54, 1.807) is 0 Å². The van der Waals surface area contributed by atoms with Crippen LogP contribution in [0.5, 0.6) is 0 Å². The van der Waals surface area contributed by atoms with Gasteiger partial charge in [-0.1, -0.05) is 40.9 Å². The lowest BCUT2D eigenvalue weighted by molar-refractivity contribution is -0.385. The average molecular weight is 364 g/mol. The first-order valence-corrected chi connectivity index (χ1v) is 7.77. The lowest BCUT2D eigenvalue weighted by Gasteiger charge is -2.14. The maximum Gasteiger partial charge on any atom is 0.282 e. The minimum absolute atomic E-state index is 0.00352. The van der Waals surface area contributed by atoms with Crippen LogP contribution in [0.4, 0.5) is 5.69 Å². The molecule has 0 heterocycles. The average Bonchev–Trinajstić information content (AvgIpc) is 2.42. The molecule has 0 aliphatic heterocycles. The smallest absolute Gasteiger partial charge is 0.282 e. The highest BCUT2D eigenvalue weighted by Crippen LogP contribution is 2.22. The zero-order valence-electron chi connectivity index (χ0n) is 11.1. The molecule has 1 rings (SSSR count). The van der Waals surface area contributed by atoms with Gasteiger partial charge in [-0.2, -0.15) is 0 Å². The minimum Gasteiger partial charge on any atom is -0.352 e. The van der Waals surface area contributed by atoms with Gasteiger partial charge in [-0.05, 0) is 24.5 Å². The Balaban J connectivity index is 2.81. The van der Waals surface area contributed by atoms with E-state index in [4.69, 9.17) is 11.6 Å². The molecule has 0 saturated heterocycles. The molecule has 1 atom stereocenters. The molecule has 0 aliphatic rings. The van der Waals surface area contributed by atoms with E-state index in [9.17, 15) is 14.9 Å². The van der Waals surface area contributed by atoms with Gasteiger partial charge in [0, 0.05) is 23.0 Å². The van der Waals surface area contributed by atoms with Crippen LogP contribution in [0.1, 0.15) is 30.1 Å². The van der Waals surface area contributed by atoms with E-state index in [2.05, 4.69) is 21.2 Å². The second kappa shape index (κ2) is 8.21. The molecule has 0 radical (unpaired) electrons. The molecule has 1 N–H and O–H groups in total. The Morgan fingerprint density at radius 1 is 1.55 bits per heavy atom. The number of nitro benzene ring substituents is 1. The third kappa shape index (κ3) is 4.76. The van der Waals surface area contributed by atoms with Crippen molar-refractivity contribution in [3.05, 3.63) is 38.9 Å². The Hall–Kier alpha value is -1.14. The summed E-state index contributed by atoms with van der Waals surface area (Å²) in [5, 5.41) is 14.8. The van der Waals surface area contributed by atoms with Crippen molar-refractivity contribution in [1.29, 1.82) is 0 Å². The third-order valence-corrected chi connectivity index (χ3v) is 3.74. The van der Waals surface area contributed by atoms with Crippen LogP contribution in [0.3, 0.4) is 0 Å². The molecule has 0 aromatic heterocycles. The Morgan fingerprint density at radius 3 is 2.80 bits per heavy atom. The van der Waals surface area contributed by atoms with E-state index in [0.29, 0.717) is 17.5 Å². The molecule has 5 nitrogen and oxygen atoms in total. The summed E-state index contributed by atoms with van der Waals surface area (Å²) in [5.74, 6) is -0.121. The third-order valence-electron chi connectivity index (χ3n) is 3.05. The molecule has 7 heteroatoms. The summed E-state index contributed by atoms with van der Waals surface area (Å²) < 4.78 is 0. The molecule has 1 unspecified atom stereocenters. The van der Waals surface area contributed by atoms with Crippen molar-refractivity contribution in [3.63, 3.8) is 0 Å². The molecule has 0 aliphatic carbocycles. The standard InChI is InChI=1S/C13H16BrClN2O3/c1-2-9(5-6-14)8-16-13(18)11-7-10(15)3-4-12(11)17(19)20/h3-4,7,9H,2,5-6,8H2,1H3,(H,16,18). The van der Waals surface area contributed by atoms with Crippen LogP contribution < -0.4 is 5.32 Å². The van der Waals surface area contributed by atoms with Gasteiger partial charge in [-0.15, -0.1) is 0 Å². The van der Waals surface area contributed by atoms with E-state index >= 15 is 0 Å². The number of nitro groups is 1. The summed E-state index contributed by atoms with van der Waals surface area (Å²) in [6, 6.07) is 3.96. The fourth-order valence-electron chi connectivity index (χ4n) is 1.79. The highest BCUT2D eigenvalue weighted by Gasteiger charge is 2.20. The van der Waals surface area contributed by atoms with Gasteiger partial charge in [0.05, 0.1) is 4.92 Å². The van der Waals surface area contributed by atoms with Crippen LogP contribution in [0, 0.1) is 16.0 Å². The Morgan fingerprint density at radius 2 is 2.25 bits per heavy atom. The number of carbonyl (C=O) groups excluding carboxylic acids is 1. The predicted molar refractivity (Wildman–Crippen MR) is 82.6 cm³/mol. The van der Waals surface area contributed by atoms with E-state index in [1.807, 2.05) is 6.92 Å². The summed E-state index contributed by atoms with van der Waals surface area (Å²) in [6.07, 6.45) is 1.87. The van der Waals surface area contributed by atoms with Crippen LogP contribution in [0.15, 0.2) is 18.2 Å². The first kappa shape index (κ1) is 16.9. The van der Waals surface area contributed by atoms with Gasteiger partial charge in [0.25, 0.3) is 11.6 Å². The van der Waals surface area contributed by atoms with Crippen LogP contribution in [-0.4, -0.2) is 22.7 Å². The Bertz CT molecular complexity index is 497. The molecule has 110 valence electrons. The van der Waals surface area contributed by atoms with Crippen LogP contribution >= 0.6 is 27.5 Å². The number of alkyl halides is 1. The second-order valence-corrected chi connectivity index (χ2v) is 5.61. The summed E-state index contributed by atoms with van der Waals surface area (Å²) in [7, 11) is 0. The first-order valence-electron chi connectivity index (χ1n) is 6.27. The molecule has 1 amide bonds. The molecule has 20 heavy (non-hydrogen) atoms. The maximum atomic E-state index is 12.1. The number of hydrogen-bond acceptors (Lipinski definition) is 3. The van der Waals surface area contributed by atoms with E-state index in [1.165, 1.54) is 18.2 Å². The number of carbonyl (C=O) groups is 1. The molecule has 0 bridgehead atoms. The van der Waals surface area contributed by atoms with Crippen molar-refractivity contribution in [3.8, 4) is 0 Å². The largest absolute Gasteiger partial charge is 0.352 e. The number of amides is 1. The van der Waals surface area contributed by atoms with Crippen molar-refractivity contribution in [2.24, 2.45) is 5.92 Å². The van der Waals surface area contributed by atoms with Crippen molar-refractivity contribution >= 4 is 39.1 Å². The van der Waals surface area contributed by atoms with Crippen LogP contribution in [-0.2, 0) is 0 Å². The number of nitrogens with one attached hydrogen (secondary N) is 1. The van der Waals surface area contributed by atoms with E-state index in [-0.39, 0.29) is 11.3 Å². The van der Waals surface area contributed by atoms with Crippen LogP contribution in [0.25, 0.3) is 0 Å². The topological polar surface area (TPSA) is 72.2 Å². The second-order valence-electron chi connectivity index (χ2n) is 4.38. The zero-order valence-corrected chi connectivity index (χ0v) is 13.4. The number of halogens is 2. The quantitative estimate of drug-likeness (QED) is 0.455. The number of nitrogens with zero attached hydrogens (tertiary/aromatic N) is 1. The SMILES string of the molecule is CCC(CCBr)CNC(=O)c1cc(Cl)ccc1[N+](=O)[O-]. The van der Waals surface area contributed by atoms with Crippen molar-refractivity contribution in [1.82, 2.24) is 5.32 Å². The van der Waals surface area contributed by atoms with E-state index in [0.717, 1.165) is 18.2 Å². The molecular weight excluding hydrogens is 348 g/mol. The lowest BCUT2D eigenvalue weighted by atomic mass is 10.0. The molecule has 1 aromatic carbocycles. The van der Waals surface area contributed by atoms with Gasteiger partial charge in [0.2, 0.25) is 0 Å². The monoisotopic (exact) mass is 362 g/mol. The predicted octanol–water partition coefficient (Wildman–Crippen LogP) is 3.79.